The van der Waals surface area contributed by atoms with Crippen LogP contribution in [0.4, 0.5) is 5.69 Å². The number of tetrazole rings is 1. The summed E-state index contributed by atoms with van der Waals surface area (Å²) in [6.45, 7) is 5.89. The van der Waals surface area contributed by atoms with Crippen LogP contribution in [-0.2, 0) is 16.0 Å². The lowest BCUT2D eigenvalue weighted by atomic mass is 9.81. The molecule has 280 valence electrons. The van der Waals surface area contributed by atoms with Crippen LogP contribution in [0.25, 0.3) is 22.5 Å². The molecule has 4 aromatic rings. The molecule has 3 aromatic carbocycles. The van der Waals surface area contributed by atoms with Gasteiger partial charge >= 0.3 is 0 Å². The summed E-state index contributed by atoms with van der Waals surface area (Å²) < 4.78 is 0. The van der Waals surface area contributed by atoms with Crippen molar-refractivity contribution in [2.75, 3.05) is 25.5 Å². The van der Waals surface area contributed by atoms with Crippen molar-refractivity contribution in [2.24, 2.45) is 17.6 Å². The summed E-state index contributed by atoms with van der Waals surface area (Å²) in [5.74, 6) is 0.357. The van der Waals surface area contributed by atoms with Crippen molar-refractivity contribution in [2.45, 2.75) is 89.8 Å². The minimum Gasteiger partial charge on any atom is -0.349 e. The number of nitrogens with zero attached hydrogens (tertiary/aromatic N) is 4. The van der Waals surface area contributed by atoms with Gasteiger partial charge in [0, 0.05) is 41.2 Å². The van der Waals surface area contributed by atoms with E-state index in [1.54, 1.807) is 12.1 Å². The summed E-state index contributed by atoms with van der Waals surface area (Å²) in [6, 6.07) is 21.1. The Labute approximate surface area is 312 Å². The van der Waals surface area contributed by atoms with Gasteiger partial charge in [0.1, 0.15) is 6.04 Å². The number of amides is 3. The first kappa shape index (κ1) is 37.8. The molecule has 12 nitrogen and oxygen atoms in total. The molecule has 0 bridgehead atoms. The van der Waals surface area contributed by atoms with E-state index in [9.17, 15) is 14.4 Å². The summed E-state index contributed by atoms with van der Waals surface area (Å²) in [6.07, 6.45) is 7.92. The van der Waals surface area contributed by atoms with Gasteiger partial charge in [-0.3, -0.25) is 14.4 Å². The van der Waals surface area contributed by atoms with Gasteiger partial charge < -0.3 is 26.6 Å². The fourth-order valence-corrected chi connectivity index (χ4v) is 7.75. The van der Waals surface area contributed by atoms with Gasteiger partial charge in [-0.2, -0.15) is 5.21 Å². The zero-order valence-corrected chi connectivity index (χ0v) is 31.1. The smallest absolute Gasteiger partial charge is 0.251 e. The Balaban J connectivity index is 1.10. The SMILES string of the molecule is CCN(C)C1CCC(NC(=O)c2ccc(-c3ccc(C[C@H](NC(=O)C4CCC(CN)CC4)C(=O)Nc4ccc(-c5nn[nH]n5)cc4)cc3)c(C)c2)CC1. The van der Waals surface area contributed by atoms with Gasteiger partial charge in [0.05, 0.1) is 0 Å². The minimum absolute atomic E-state index is 0.0241. The number of anilines is 1. The number of aryl methyl sites for hydroxylation is 1. The Morgan fingerprint density at radius 1 is 0.906 bits per heavy atom. The van der Waals surface area contributed by atoms with Crippen LogP contribution in [0.5, 0.6) is 0 Å². The lowest BCUT2D eigenvalue weighted by molar-refractivity contribution is -0.130. The highest BCUT2D eigenvalue weighted by atomic mass is 16.2. The van der Waals surface area contributed by atoms with Gasteiger partial charge in [-0.05, 0) is 148 Å². The second-order valence-corrected chi connectivity index (χ2v) is 14.8. The molecule has 3 amide bonds. The molecule has 6 N–H and O–H groups in total. The second kappa shape index (κ2) is 17.7. The van der Waals surface area contributed by atoms with Crippen molar-refractivity contribution in [3.05, 3.63) is 83.4 Å². The number of rotatable bonds is 13. The van der Waals surface area contributed by atoms with E-state index in [1.807, 2.05) is 61.5 Å². The molecule has 0 saturated heterocycles. The largest absolute Gasteiger partial charge is 0.349 e. The number of benzene rings is 3. The fraction of sp³-hybridized carbons (Fsp3) is 0.463. The third-order valence-corrected chi connectivity index (χ3v) is 11.3. The molecule has 0 unspecified atom stereocenters. The third kappa shape index (κ3) is 9.74. The fourth-order valence-electron chi connectivity index (χ4n) is 7.75. The van der Waals surface area contributed by atoms with E-state index in [-0.39, 0.29) is 29.7 Å². The summed E-state index contributed by atoms with van der Waals surface area (Å²) in [7, 11) is 2.18. The maximum Gasteiger partial charge on any atom is 0.251 e. The summed E-state index contributed by atoms with van der Waals surface area (Å²) in [5, 5.41) is 23.4. The molecular weight excluding hydrogens is 667 g/mol. The molecule has 2 aliphatic carbocycles. The van der Waals surface area contributed by atoms with Crippen LogP contribution in [0.2, 0.25) is 0 Å². The molecule has 12 heteroatoms. The van der Waals surface area contributed by atoms with Crippen LogP contribution < -0.4 is 21.7 Å². The van der Waals surface area contributed by atoms with E-state index in [2.05, 4.69) is 55.4 Å². The first-order valence-corrected chi connectivity index (χ1v) is 19.1. The second-order valence-electron chi connectivity index (χ2n) is 14.8. The van der Waals surface area contributed by atoms with E-state index in [1.165, 1.54) is 0 Å². The highest BCUT2D eigenvalue weighted by molar-refractivity contribution is 5.98. The molecule has 2 fully saturated rings. The summed E-state index contributed by atoms with van der Waals surface area (Å²) in [5.41, 5.74) is 11.9. The monoisotopic (exact) mass is 719 g/mol. The van der Waals surface area contributed by atoms with Crippen molar-refractivity contribution in [3.63, 3.8) is 0 Å². The Morgan fingerprint density at radius 3 is 2.23 bits per heavy atom. The maximum absolute atomic E-state index is 13.7. The molecule has 0 spiro atoms. The number of H-pyrrole nitrogens is 1. The third-order valence-electron chi connectivity index (χ3n) is 11.3. The van der Waals surface area contributed by atoms with Crippen LogP contribution in [0.3, 0.4) is 0 Å². The predicted molar refractivity (Wildman–Crippen MR) is 207 cm³/mol. The number of hydrogen-bond acceptors (Lipinski definition) is 8. The van der Waals surface area contributed by atoms with Crippen molar-refractivity contribution >= 4 is 23.4 Å². The Bertz CT molecular complexity index is 1810. The minimum atomic E-state index is -0.778. The van der Waals surface area contributed by atoms with Crippen LogP contribution in [0.15, 0.2) is 66.7 Å². The molecule has 0 aliphatic heterocycles. The van der Waals surface area contributed by atoms with Gasteiger partial charge in [0.15, 0.2) is 0 Å². The van der Waals surface area contributed by atoms with Crippen molar-refractivity contribution in [1.29, 1.82) is 0 Å². The zero-order valence-electron chi connectivity index (χ0n) is 31.1. The molecule has 1 aromatic heterocycles. The molecule has 1 heterocycles. The van der Waals surface area contributed by atoms with Crippen molar-refractivity contribution in [3.8, 4) is 22.5 Å². The first-order chi connectivity index (χ1) is 25.7. The lowest BCUT2D eigenvalue weighted by Crippen LogP contribution is -2.48. The van der Waals surface area contributed by atoms with E-state index >= 15 is 0 Å². The average Bonchev–Trinajstić information content (AvgIpc) is 3.73. The average molecular weight is 720 g/mol. The Hall–Kier alpha value is -4.94. The van der Waals surface area contributed by atoms with E-state index in [0.717, 1.165) is 85.7 Å². The standard InChI is InChI=1S/C41H53N9O3/c1-4-50(3)35-20-18-34(19-21-35)43-40(52)32-15-22-36(26(2)23-32)29-9-5-27(6-10-29)24-37(45-39(51)31-11-7-28(25-42)8-12-31)41(53)44-33-16-13-30(14-17-33)38-46-48-49-47-38/h5-6,9-10,13-17,22-23,28,31,34-35,37H,4,7-8,11-12,18-21,24-25,42H2,1-3H3,(H,43,52)(H,44,53)(H,45,51)(H,46,47,48,49)/t28?,31?,34?,35?,37-/m0/s1. The number of aromatic nitrogens is 4. The maximum atomic E-state index is 13.7. The number of carbonyl (C=O) groups is 3. The predicted octanol–water partition coefficient (Wildman–Crippen LogP) is 5.27. The van der Waals surface area contributed by atoms with Crippen LogP contribution >= 0.6 is 0 Å². The van der Waals surface area contributed by atoms with Gasteiger partial charge in [-0.25, -0.2) is 0 Å². The zero-order chi connectivity index (χ0) is 37.3. The van der Waals surface area contributed by atoms with E-state index in [0.29, 0.717) is 42.0 Å². The quantitative estimate of drug-likeness (QED) is 0.125. The number of carbonyl (C=O) groups excluding carboxylic acids is 3. The Kier molecular flexibility index (Phi) is 12.6. The molecule has 0 radical (unpaired) electrons. The van der Waals surface area contributed by atoms with Gasteiger partial charge in [0.2, 0.25) is 17.6 Å². The number of nitrogens with one attached hydrogen (secondary N) is 4. The molecular formula is C41H53N9O3. The Morgan fingerprint density at radius 2 is 1.60 bits per heavy atom. The van der Waals surface area contributed by atoms with Crippen molar-refractivity contribution < 1.29 is 14.4 Å². The van der Waals surface area contributed by atoms with Crippen molar-refractivity contribution in [1.82, 2.24) is 36.2 Å². The molecule has 6 rings (SSSR count). The van der Waals surface area contributed by atoms with Gasteiger partial charge in [0.25, 0.3) is 5.91 Å². The molecule has 1 atom stereocenters. The van der Waals surface area contributed by atoms with Gasteiger partial charge in [-0.1, -0.05) is 37.3 Å². The summed E-state index contributed by atoms with van der Waals surface area (Å²) in [4.78, 5) is 42.8. The number of aromatic amines is 1. The molecule has 2 aliphatic rings. The van der Waals surface area contributed by atoms with Crippen LogP contribution in [-0.4, -0.2) is 81.5 Å². The molecule has 2 saturated carbocycles. The normalized spacial score (nSPS) is 20.8. The number of hydrogen-bond donors (Lipinski definition) is 5. The highest BCUT2D eigenvalue weighted by Crippen LogP contribution is 2.29. The summed E-state index contributed by atoms with van der Waals surface area (Å²) >= 11 is 0. The molecule has 53 heavy (non-hydrogen) atoms. The number of nitrogens with two attached hydrogens (primary N) is 1. The topological polar surface area (TPSA) is 171 Å². The van der Waals surface area contributed by atoms with Crippen LogP contribution in [0.1, 0.15) is 79.8 Å². The van der Waals surface area contributed by atoms with E-state index < -0.39 is 6.04 Å². The van der Waals surface area contributed by atoms with Crippen LogP contribution in [0, 0.1) is 18.8 Å². The highest BCUT2D eigenvalue weighted by Gasteiger charge is 2.30. The lowest BCUT2D eigenvalue weighted by Gasteiger charge is -2.34. The van der Waals surface area contributed by atoms with E-state index in [4.69, 9.17) is 5.73 Å². The first-order valence-electron chi connectivity index (χ1n) is 19.1. The van der Waals surface area contributed by atoms with Gasteiger partial charge in [-0.15, -0.1) is 10.2 Å².